The Kier molecular flexibility index (Phi) is 1.90. The first kappa shape index (κ1) is 7.56. The van der Waals surface area contributed by atoms with Gasteiger partial charge in [0, 0.05) is 12.8 Å². The van der Waals surface area contributed by atoms with Gasteiger partial charge in [-0.25, -0.2) is 0 Å². The van der Waals surface area contributed by atoms with Gasteiger partial charge in [0.1, 0.15) is 0 Å². The van der Waals surface area contributed by atoms with Crippen molar-refractivity contribution in [3.8, 4) is 0 Å². The van der Waals surface area contributed by atoms with Gasteiger partial charge in [-0.1, -0.05) is 6.42 Å². The molecular weight excluding hydrogens is 140 g/mol. The monoisotopic (exact) mass is 156 g/mol. The molecule has 2 nitrogen and oxygen atoms in total. The van der Waals surface area contributed by atoms with Gasteiger partial charge < -0.3 is 9.47 Å². The van der Waals surface area contributed by atoms with Crippen LogP contribution in [0, 0.1) is 0 Å². The van der Waals surface area contributed by atoms with E-state index in [1.807, 2.05) is 0 Å². The normalized spacial score (nSPS) is 36.3. The molecule has 0 amide bonds. The van der Waals surface area contributed by atoms with Crippen LogP contribution in [-0.2, 0) is 9.47 Å². The van der Waals surface area contributed by atoms with Gasteiger partial charge in [-0.2, -0.15) is 0 Å². The van der Waals surface area contributed by atoms with Gasteiger partial charge in [-0.3, -0.25) is 0 Å². The number of hydrogen-bond acceptors (Lipinski definition) is 2. The summed E-state index contributed by atoms with van der Waals surface area (Å²) in [5.74, 6) is -0.155. The summed E-state index contributed by atoms with van der Waals surface area (Å²) in [6.45, 7) is 2.88. The van der Waals surface area contributed by atoms with Crippen molar-refractivity contribution < 1.29 is 9.47 Å². The van der Waals surface area contributed by atoms with E-state index in [1.54, 1.807) is 0 Å². The van der Waals surface area contributed by atoms with E-state index >= 15 is 0 Å². The molecule has 11 heavy (non-hydrogen) atoms. The third kappa shape index (κ3) is 1.42. The highest BCUT2D eigenvalue weighted by Gasteiger charge is 2.40. The first-order valence-electron chi connectivity index (χ1n) is 4.63. The average molecular weight is 156 g/mol. The van der Waals surface area contributed by atoms with Gasteiger partial charge in [0.05, 0.1) is 12.7 Å². The van der Waals surface area contributed by atoms with Gasteiger partial charge in [-0.05, 0) is 19.8 Å². The summed E-state index contributed by atoms with van der Waals surface area (Å²) in [5.41, 5.74) is 0. The van der Waals surface area contributed by atoms with Gasteiger partial charge >= 0.3 is 0 Å². The summed E-state index contributed by atoms with van der Waals surface area (Å²) in [5, 5.41) is 0. The van der Waals surface area contributed by atoms with Gasteiger partial charge in [0.15, 0.2) is 5.79 Å². The fourth-order valence-electron chi connectivity index (χ4n) is 2.06. The summed E-state index contributed by atoms with van der Waals surface area (Å²) in [4.78, 5) is 0. The van der Waals surface area contributed by atoms with Gasteiger partial charge in [0.2, 0.25) is 0 Å². The number of ether oxygens (including phenoxy) is 2. The Morgan fingerprint density at radius 2 is 1.91 bits per heavy atom. The van der Waals surface area contributed by atoms with E-state index in [0.717, 1.165) is 19.4 Å². The lowest BCUT2D eigenvalue weighted by Gasteiger charge is -2.31. The van der Waals surface area contributed by atoms with Crippen molar-refractivity contribution in [3.05, 3.63) is 0 Å². The highest BCUT2D eigenvalue weighted by molar-refractivity contribution is 4.80. The van der Waals surface area contributed by atoms with Crippen LogP contribution < -0.4 is 0 Å². The highest BCUT2D eigenvalue weighted by atomic mass is 16.7. The standard InChI is InChI=1S/C9H16O2/c1-8-7-10-9(11-8)5-3-2-4-6-9/h8H,2-7H2,1H3/t8-/m0/s1. The molecule has 1 spiro atoms. The summed E-state index contributed by atoms with van der Waals surface area (Å²) >= 11 is 0. The zero-order valence-electron chi connectivity index (χ0n) is 7.14. The molecule has 0 radical (unpaired) electrons. The molecule has 0 bridgehead atoms. The summed E-state index contributed by atoms with van der Waals surface area (Å²) in [6, 6.07) is 0. The molecule has 1 aliphatic carbocycles. The predicted octanol–water partition coefficient (Wildman–Crippen LogP) is 2.08. The molecule has 1 saturated heterocycles. The van der Waals surface area contributed by atoms with Crippen molar-refractivity contribution in [2.75, 3.05) is 6.61 Å². The van der Waals surface area contributed by atoms with E-state index < -0.39 is 0 Å². The molecule has 2 fully saturated rings. The molecule has 1 aliphatic heterocycles. The van der Waals surface area contributed by atoms with Crippen LogP contribution in [0.15, 0.2) is 0 Å². The van der Waals surface area contributed by atoms with E-state index in [4.69, 9.17) is 9.47 Å². The second kappa shape index (κ2) is 2.76. The van der Waals surface area contributed by atoms with E-state index in [1.165, 1.54) is 19.3 Å². The molecule has 64 valence electrons. The minimum absolute atomic E-state index is 0.155. The lowest BCUT2D eigenvalue weighted by Crippen LogP contribution is -2.32. The molecule has 0 unspecified atom stereocenters. The largest absolute Gasteiger partial charge is 0.347 e. The molecule has 1 atom stereocenters. The average Bonchev–Trinajstić information content (AvgIpc) is 2.34. The molecule has 2 heteroatoms. The van der Waals surface area contributed by atoms with E-state index in [-0.39, 0.29) is 5.79 Å². The quantitative estimate of drug-likeness (QED) is 0.534. The summed E-state index contributed by atoms with van der Waals surface area (Å²) in [7, 11) is 0. The van der Waals surface area contributed by atoms with Crippen molar-refractivity contribution in [1.82, 2.24) is 0 Å². The minimum Gasteiger partial charge on any atom is -0.347 e. The third-order valence-corrected chi connectivity index (χ3v) is 2.61. The SMILES string of the molecule is C[C@H]1COC2(CCCCC2)O1. The fraction of sp³-hybridized carbons (Fsp3) is 1.00. The van der Waals surface area contributed by atoms with Crippen molar-refractivity contribution in [2.45, 2.75) is 50.9 Å². The van der Waals surface area contributed by atoms with Crippen LogP contribution in [0.3, 0.4) is 0 Å². The summed E-state index contributed by atoms with van der Waals surface area (Å²) < 4.78 is 11.4. The van der Waals surface area contributed by atoms with Crippen molar-refractivity contribution >= 4 is 0 Å². The van der Waals surface area contributed by atoms with Gasteiger partial charge in [0.25, 0.3) is 0 Å². The number of hydrogen-bond donors (Lipinski definition) is 0. The topological polar surface area (TPSA) is 18.5 Å². The van der Waals surface area contributed by atoms with Crippen LogP contribution >= 0.6 is 0 Å². The van der Waals surface area contributed by atoms with E-state index in [9.17, 15) is 0 Å². The maximum atomic E-state index is 5.77. The Labute approximate surface area is 67.9 Å². The van der Waals surface area contributed by atoms with E-state index in [2.05, 4.69) is 6.92 Å². The predicted molar refractivity (Wildman–Crippen MR) is 42.3 cm³/mol. The molecule has 1 heterocycles. The van der Waals surface area contributed by atoms with Crippen LogP contribution in [0.4, 0.5) is 0 Å². The Balaban J connectivity index is 1.98. The molecule has 0 aromatic carbocycles. The van der Waals surface area contributed by atoms with Crippen LogP contribution in [0.2, 0.25) is 0 Å². The Hall–Kier alpha value is -0.0800. The molecule has 2 rings (SSSR count). The van der Waals surface area contributed by atoms with Crippen molar-refractivity contribution in [2.24, 2.45) is 0 Å². The maximum absolute atomic E-state index is 5.77. The second-order valence-electron chi connectivity index (χ2n) is 3.71. The third-order valence-electron chi connectivity index (χ3n) is 2.61. The number of rotatable bonds is 0. The minimum atomic E-state index is -0.155. The molecule has 1 saturated carbocycles. The van der Waals surface area contributed by atoms with Crippen molar-refractivity contribution in [3.63, 3.8) is 0 Å². The van der Waals surface area contributed by atoms with E-state index in [0.29, 0.717) is 6.10 Å². The lowest BCUT2D eigenvalue weighted by molar-refractivity contribution is -0.185. The fourth-order valence-corrected chi connectivity index (χ4v) is 2.06. The first-order valence-corrected chi connectivity index (χ1v) is 4.63. The van der Waals surface area contributed by atoms with Gasteiger partial charge in [-0.15, -0.1) is 0 Å². The molecular formula is C9H16O2. The first-order chi connectivity index (χ1) is 5.31. The smallest absolute Gasteiger partial charge is 0.168 e. The van der Waals surface area contributed by atoms with Crippen LogP contribution in [0.25, 0.3) is 0 Å². The highest BCUT2D eigenvalue weighted by Crippen LogP contribution is 2.37. The van der Waals surface area contributed by atoms with Crippen molar-refractivity contribution in [1.29, 1.82) is 0 Å². The Morgan fingerprint density at radius 1 is 1.18 bits per heavy atom. The molecule has 0 aromatic rings. The van der Waals surface area contributed by atoms with Crippen LogP contribution in [-0.4, -0.2) is 18.5 Å². The molecule has 0 aromatic heterocycles. The summed E-state index contributed by atoms with van der Waals surface area (Å²) in [6.07, 6.45) is 6.42. The second-order valence-corrected chi connectivity index (χ2v) is 3.71. The van der Waals surface area contributed by atoms with Crippen LogP contribution in [0.1, 0.15) is 39.0 Å². The van der Waals surface area contributed by atoms with Crippen LogP contribution in [0.5, 0.6) is 0 Å². The zero-order valence-corrected chi connectivity index (χ0v) is 7.14. The molecule has 0 N–H and O–H groups in total. The molecule has 2 aliphatic rings. The maximum Gasteiger partial charge on any atom is 0.168 e. The Morgan fingerprint density at radius 3 is 2.45 bits per heavy atom. The lowest BCUT2D eigenvalue weighted by atomic mass is 9.94. The zero-order chi connectivity index (χ0) is 7.73. The Bertz CT molecular complexity index is 133.